The van der Waals surface area contributed by atoms with E-state index in [1.807, 2.05) is 0 Å². The number of azo groups is 1. The molecule has 0 saturated carbocycles. The van der Waals surface area contributed by atoms with Crippen LogP contribution >= 0.6 is 23.2 Å². The van der Waals surface area contributed by atoms with Crippen molar-refractivity contribution in [3.63, 3.8) is 0 Å². The number of methoxy groups -OCH3 is 1. The summed E-state index contributed by atoms with van der Waals surface area (Å²) in [6.07, 6.45) is 0.177. The van der Waals surface area contributed by atoms with Crippen molar-refractivity contribution in [1.29, 1.82) is 0 Å². The van der Waals surface area contributed by atoms with Gasteiger partial charge in [0.25, 0.3) is 16.0 Å². The van der Waals surface area contributed by atoms with Crippen LogP contribution in [0.25, 0.3) is 10.8 Å². The summed E-state index contributed by atoms with van der Waals surface area (Å²) in [4.78, 5) is 12.7. The maximum Gasteiger partial charge on any atom is 1.00 e. The van der Waals surface area contributed by atoms with Crippen LogP contribution in [0.2, 0.25) is 10.0 Å². The number of carbonyl (C=O) groups is 1. The van der Waals surface area contributed by atoms with Gasteiger partial charge in [0.05, 0.1) is 29.2 Å². The van der Waals surface area contributed by atoms with Gasteiger partial charge in [0, 0.05) is 27.6 Å². The molecule has 0 fully saturated rings. The van der Waals surface area contributed by atoms with Crippen molar-refractivity contribution in [3.8, 4) is 11.5 Å². The number of halogens is 2. The number of nitrogens with one attached hydrogen (secondary N) is 1. The van der Waals surface area contributed by atoms with E-state index < -0.39 is 26.7 Å². The minimum absolute atomic E-state index is 0. The fourth-order valence-electron chi connectivity index (χ4n) is 3.87. The largest absolute Gasteiger partial charge is 1.00 e. The smallest absolute Gasteiger partial charge is 0.870 e. The number of nitrogens with zero attached hydrogens (tertiary/aromatic N) is 2. The van der Waals surface area contributed by atoms with Crippen LogP contribution in [-0.4, -0.2) is 26.0 Å². The summed E-state index contributed by atoms with van der Waals surface area (Å²) in [6.45, 7) is 1.67. The van der Waals surface area contributed by atoms with Crippen molar-refractivity contribution < 1.29 is 57.2 Å². The molecule has 0 bridgehead atoms. The molecular weight excluding hydrogens is 576 g/mol. The van der Waals surface area contributed by atoms with E-state index in [0.29, 0.717) is 16.5 Å². The Morgan fingerprint density at radius 1 is 1.08 bits per heavy atom. The molecular formula is C26H20Cl2N3NaO6S. The molecule has 0 aliphatic carbocycles. The molecule has 9 nitrogen and oxygen atoms in total. The van der Waals surface area contributed by atoms with Crippen LogP contribution in [0.15, 0.2) is 75.8 Å². The summed E-state index contributed by atoms with van der Waals surface area (Å²) in [6, 6.07) is 15.4. The molecule has 1 amide bonds. The molecule has 0 unspecified atom stereocenters. The zero-order chi connectivity index (χ0) is 27.6. The van der Waals surface area contributed by atoms with Crippen LogP contribution in [0.1, 0.15) is 22.8 Å². The molecule has 13 heteroatoms. The average Bonchev–Trinajstić information content (AvgIpc) is 2.88. The summed E-state index contributed by atoms with van der Waals surface area (Å²) in [5.41, 5.74) is 0.156. The number of carbonyl (C=O) groups excluding carboxylic acids is 1. The van der Waals surface area contributed by atoms with Crippen molar-refractivity contribution in [2.24, 2.45) is 10.2 Å². The van der Waals surface area contributed by atoms with Crippen LogP contribution < -0.4 is 44.7 Å². The second-order valence-electron chi connectivity index (χ2n) is 8.05. The molecule has 0 saturated heterocycles. The molecule has 0 heterocycles. The van der Waals surface area contributed by atoms with E-state index >= 15 is 0 Å². The molecule has 4 rings (SSSR count). The van der Waals surface area contributed by atoms with Crippen molar-refractivity contribution in [1.82, 2.24) is 0 Å². The third-order valence-electron chi connectivity index (χ3n) is 5.68. The van der Waals surface area contributed by atoms with Crippen LogP contribution in [0.4, 0.5) is 17.1 Å². The van der Waals surface area contributed by atoms with Gasteiger partial charge in [0.2, 0.25) is 0 Å². The van der Waals surface area contributed by atoms with Crippen molar-refractivity contribution in [2.75, 3.05) is 12.4 Å². The molecule has 0 aliphatic heterocycles. The van der Waals surface area contributed by atoms with Gasteiger partial charge in [0.15, 0.2) is 0 Å². The number of hydrogen-bond acceptors (Lipinski definition) is 7. The Labute approximate surface area is 256 Å². The normalized spacial score (nSPS) is 11.4. The van der Waals surface area contributed by atoms with E-state index in [2.05, 4.69) is 15.5 Å². The second-order valence-corrected chi connectivity index (χ2v) is 10.3. The van der Waals surface area contributed by atoms with Gasteiger partial charge in [-0.2, -0.15) is 18.6 Å². The summed E-state index contributed by atoms with van der Waals surface area (Å²) < 4.78 is 38.5. The monoisotopic (exact) mass is 595 g/mol. The molecule has 0 atom stereocenters. The van der Waals surface area contributed by atoms with E-state index in [1.165, 1.54) is 25.3 Å². The molecule has 0 aliphatic rings. The number of benzene rings is 4. The third kappa shape index (κ3) is 6.72. The first-order chi connectivity index (χ1) is 18.0. The number of ether oxygens (including phenoxy) is 1. The molecule has 0 spiro atoms. The van der Waals surface area contributed by atoms with Gasteiger partial charge in [-0.25, -0.2) is 0 Å². The number of hydrogen-bond donors (Lipinski definition) is 2. The number of fused-ring (bicyclic) bond motifs is 1. The molecule has 4 aromatic carbocycles. The Hall–Kier alpha value is -2.70. The third-order valence-corrected chi connectivity index (χ3v) is 7.13. The number of anilines is 1. The molecule has 39 heavy (non-hydrogen) atoms. The SMILES string of the molecule is CCc1c(N=Nc2c([O-])c(C(=O)Nc3ccc(OC)cc3Cl)cc3ccccc23)cc(Cl)cc1S(=O)(=O)O.[Na+]. The molecule has 2 N–H and O–H groups in total. The Morgan fingerprint density at radius 2 is 1.79 bits per heavy atom. The summed E-state index contributed by atoms with van der Waals surface area (Å²) >= 11 is 12.3. The first-order valence-electron chi connectivity index (χ1n) is 11.1. The Kier molecular flexibility index (Phi) is 10.0. The van der Waals surface area contributed by atoms with Gasteiger partial charge in [-0.1, -0.05) is 60.1 Å². The first kappa shape index (κ1) is 30.8. The molecule has 0 aromatic heterocycles. The second kappa shape index (κ2) is 12.6. The van der Waals surface area contributed by atoms with Crippen LogP contribution in [0.3, 0.4) is 0 Å². The van der Waals surface area contributed by atoms with Gasteiger partial charge in [-0.3, -0.25) is 9.35 Å². The minimum Gasteiger partial charge on any atom is -0.870 e. The Balaban J connectivity index is 0.00000420. The quantitative estimate of drug-likeness (QED) is 0.189. The van der Waals surface area contributed by atoms with E-state index in [1.54, 1.807) is 43.3 Å². The maximum atomic E-state index is 13.4. The average molecular weight is 596 g/mol. The zero-order valence-electron chi connectivity index (χ0n) is 21.0. The fraction of sp³-hybridized carbons (Fsp3) is 0.115. The van der Waals surface area contributed by atoms with Gasteiger partial charge < -0.3 is 15.2 Å². The topological polar surface area (TPSA) is 140 Å². The Bertz CT molecular complexity index is 1710. The van der Waals surface area contributed by atoms with Crippen molar-refractivity contribution >= 4 is 67.1 Å². The predicted octanol–water partition coefficient (Wildman–Crippen LogP) is 3.71. The van der Waals surface area contributed by atoms with Crippen molar-refractivity contribution in [3.05, 3.63) is 81.8 Å². The minimum atomic E-state index is -4.59. The Morgan fingerprint density at radius 3 is 2.44 bits per heavy atom. The van der Waals surface area contributed by atoms with E-state index in [4.69, 9.17) is 27.9 Å². The van der Waals surface area contributed by atoms with Gasteiger partial charge in [-0.05, 0) is 42.1 Å². The summed E-state index contributed by atoms with van der Waals surface area (Å²) in [5, 5.41) is 25.5. The van der Waals surface area contributed by atoms with Gasteiger partial charge in [0.1, 0.15) is 10.6 Å². The fourth-order valence-corrected chi connectivity index (χ4v) is 5.20. The summed E-state index contributed by atoms with van der Waals surface area (Å²) in [7, 11) is -3.11. The van der Waals surface area contributed by atoms with E-state index in [9.17, 15) is 22.9 Å². The standard InChI is InChI=1S/C26H21Cl2N3O6S.Na/c1-3-17-22(11-15(27)12-23(17)38(34,35)36)30-31-24-18-7-5-4-6-14(18)10-19(25(24)32)26(33)29-21-9-8-16(37-2)13-20(21)28;/h4-13,32H,3H2,1-2H3,(H,29,33)(H,34,35,36);/q;+1/p-1. The van der Waals surface area contributed by atoms with Gasteiger partial charge >= 0.3 is 29.6 Å². The number of rotatable bonds is 7. The molecule has 4 aromatic rings. The van der Waals surface area contributed by atoms with Crippen molar-refractivity contribution in [2.45, 2.75) is 18.2 Å². The van der Waals surface area contributed by atoms with Crippen LogP contribution in [0.5, 0.6) is 11.5 Å². The summed E-state index contributed by atoms with van der Waals surface area (Å²) in [5.74, 6) is -0.921. The van der Waals surface area contributed by atoms with E-state index in [0.717, 1.165) is 6.07 Å². The molecule has 0 radical (unpaired) electrons. The van der Waals surface area contributed by atoms with Crippen LogP contribution in [0, 0.1) is 0 Å². The maximum absolute atomic E-state index is 13.4. The predicted molar refractivity (Wildman–Crippen MR) is 144 cm³/mol. The first-order valence-corrected chi connectivity index (χ1v) is 13.3. The van der Waals surface area contributed by atoms with E-state index in [-0.39, 0.29) is 74.2 Å². The zero-order valence-corrected chi connectivity index (χ0v) is 25.4. The number of amides is 1. The molecule has 196 valence electrons. The van der Waals surface area contributed by atoms with Gasteiger partial charge in [-0.15, -0.1) is 0 Å². The van der Waals surface area contributed by atoms with Crippen LogP contribution in [-0.2, 0) is 16.5 Å².